The van der Waals surface area contributed by atoms with Gasteiger partial charge in [-0.05, 0) is 98.9 Å². The Bertz CT molecular complexity index is 1460. The molecule has 0 radical (unpaired) electrons. The van der Waals surface area contributed by atoms with Gasteiger partial charge in [0.05, 0.1) is 29.2 Å². The zero-order chi connectivity index (χ0) is 29.1. The summed E-state index contributed by atoms with van der Waals surface area (Å²) in [6.07, 6.45) is 4.70. The number of nitrogens with one attached hydrogen (secondary N) is 2. The fourth-order valence-electron chi connectivity index (χ4n) is 6.36. The smallest absolute Gasteiger partial charge is 0.257 e. The highest BCUT2D eigenvalue weighted by molar-refractivity contribution is 5.98. The summed E-state index contributed by atoms with van der Waals surface area (Å²) in [5, 5.41) is 16.1. The van der Waals surface area contributed by atoms with Crippen molar-refractivity contribution in [3.63, 3.8) is 0 Å². The minimum absolute atomic E-state index is 0.0457. The number of amides is 2. The number of nitrogens with zero attached hydrogens (tertiary/aromatic N) is 2. The Morgan fingerprint density at radius 1 is 0.976 bits per heavy atom. The van der Waals surface area contributed by atoms with Crippen LogP contribution in [-0.2, 0) is 4.79 Å². The summed E-state index contributed by atoms with van der Waals surface area (Å²) in [5.41, 5.74) is 4.32. The van der Waals surface area contributed by atoms with Gasteiger partial charge in [-0.25, -0.2) is 4.39 Å². The third kappa shape index (κ3) is 6.12. The molecule has 1 saturated heterocycles. The van der Waals surface area contributed by atoms with E-state index in [1.54, 1.807) is 42.2 Å². The van der Waals surface area contributed by atoms with E-state index in [0.29, 0.717) is 48.2 Å². The second kappa shape index (κ2) is 12.1. The minimum atomic E-state index is -0.573. The number of halogens is 1. The zero-order valence-electron chi connectivity index (χ0n) is 23.9. The molecule has 41 heavy (non-hydrogen) atoms. The topological polar surface area (TPSA) is 85.2 Å². The van der Waals surface area contributed by atoms with Crippen LogP contribution in [0, 0.1) is 42.8 Å². The quantitative estimate of drug-likeness (QED) is 0.340. The first-order chi connectivity index (χ1) is 19.7. The van der Waals surface area contributed by atoms with Crippen molar-refractivity contribution < 1.29 is 14.0 Å². The van der Waals surface area contributed by atoms with Crippen LogP contribution in [0.2, 0.25) is 0 Å². The lowest BCUT2D eigenvalue weighted by Gasteiger charge is -2.41. The Hall–Kier alpha value is -4.18. The molecule has 7 heteroatoms. The largest absolute Gasteiger partial charge is 0.382 e. The monoisotopic (exact) mass is 552 g/mol. The van der Waals surface area contributed by atoms with Crippen molar-refractivity contribution in [1.29, 1.82) is 5.26 Å². The second-order valence-corrected chi connectivity index (χ2v) is 11.6. The predicted octanol–water partition coefficient (Wildman–Crippen LogP) is 7.15. The molecule has 0 bridgehead atoms. The third-order valence-electron chi connectivity index (χ3n) is 8.61. The number of benzene rings is 3. The molecule has 2 aliphatic rings. The summed E-state index contributed by atoms with van der Waals surface area (Å²) in [6.45, 7) is 6.28. The number of carbonyl (C=O) groups excluding carboxylic acids is 2. The molecule has 2 N–H and O–H groups in total. The Balaban J connectivity index is 1.47. The van der Waals surface area contributed by atoms with Crippen LogP contribution >= 0.6 is 0 Å². The van der Waals surface area contributed by atoms with Crippen LogP contribution in [-0.4, -0.2) is 29.3 Å². The molecule has 4 atom stereocenters. The van der Waals surface area contributed by atoms with Gasteiger partial charge in [0, 0.05) is 24.0 Å². The fourth-order valence-corrected chi connectivity index (χ4v) is 6.36. The van der Waals surface area contributed by atoms with Crippen LogP contribution < -0.4 is 10.6 Å². The Morgan fingerprint density at radius 3 is 2.41 bits per heavy atom. The van der Waals surface area contributed by atoms with Crippen LogP contribution in [0.1, 0.15) is 77.7 Å². The number of hydrogen-bond acceptors (Lipinski definition) is 4. The van der Waals surface area contributed by atoms with Gasteiger partial charge in [-0.2, -0.15) is 5.26 Å². The Morgan fingerprint density at radius 2 is 1.73 bits per heavy atom. The molecule has 5 rings (SSSR count). The number of piperidine rings is 1. The number of carbonyl (C=O) groups is 2. The molecule has 1 saturated carbocycles. The normalized spacial score (nSPS) is 22.2. The van der Waals surface area contributed by atoms with E-state index >= 15 is 0 Å². The van der Waals surface area contributed by atoms with E-state index in [1.807, 2.05) is 31.2 Å². The highest BCUT2D eigenvalue weighted by Crippen LogP contribution is 2.39. The zero-order valence-corrected chi connectivity index (χ0v) is 23.9. The van der Waals surface area contributed by atoms with E-state index in [9.17, 15) is 19.2 Å². The Labute approximate surface area is 241 Å². The molecule has 212 valence electrons. The molecular weight excluding hydrogens is 515 g/mol. The van der Waals surface area contributed by atoms with Gasteiger partial charge in [0.15, 0.2) is 0 Å². The van der Waals surface area contributed by atoms with Crippen molar-refractivity contribution in [3.05, 3.63) is 94.3 Å². The fraction of sp³-hybridized carbons (Fsp3) is 0.382. The molecule has 6 nitrogen and oxygen atoms in total. The number of aryl methyl sites for hydroxylation is 2. The van der Waals surface area contributed by atoms with E-state index in [-0.39, 0.29) is 11.5 Å². The molecule has 1 aliphatic heterocycles. The maximum atomic E-state index is 14.9. The van der Waals surface area contributed by atoms with Gasteiger partial charge in [-0.15, -0.1) is 0 Å². The van der Waals surface area contributed by atoms with Crippen molar-refractivity contribution in [2.45, 2.75) is 65.0 Å². The van der Waals surface area contributed by atoms with Crippen LogP contribution in [0.15, 0.2) is 60.7 Å². The van der Waals surface area contributed by atoms with Crippen molar-refractivity contribution >= 4 is 23.2 Å². The second-order valence-electron chi connectivity index (χ2n) is 11.6. The predicted molar refractivity (Wildman–Crippen MR) is 159 cm³/mol. The highest BCUT2D eigenvalue weighted by atomic mass is 19.1. The SMILES string of the molecule is Cc1ccc(NC(=O)C2CCCN(C(=O)c3c(C)cccc3F)C2c2ccc(NC3CC[C@@H](C)C3)cc2)cc1C#N. The van der Waals surface area contributed by atoms with E-state index in [2.05, 4.69) is 23.6 Å². The number of hydrogen-bond donors (Lipinski definition) is 2. The van der Waals surface area contributed by atoms with Gasteiger partial charge in [-0.1, -0.05) is 37.3 Å². The number of rotatable bonds is 6. The molecule has 0 spiro atoms. The minimum Gasteiger partial charge on any atom is -0.382 e. The van der Waals surface area contributed by atoms with Gasteiger partial charge >= 0.3 is 0 Å². The summed E-state index contributed by atoms with van der Waals surface area (Å²) in [4.78, 5) is 29.4. The van der Waals surface area contributed by atoms with E-state index in [4.69, 9.17) is 0 Å². The van der Waals surface area contributed by atoms with Gasteiger partial charge < -0.3 is 15.5 Å². The molecule has 2 amide bonds. The van der Waals surface area contributed by atoms with Gasteiger partial charge in [0.2, 0.25) is 5.91 Å². The molecule has 1 heterocycles. The lowest BCUT2D eigenvalue weighted by molar-refractivity contribution is -0.123. The van der Waals surface area contributed by atoms with Crippen molar-refractivity contribution in [3.8, 4) is 6.07 Å². The van der Waals surface area contributed by atoms with Gasteiger partial charge in [0.1, 0.15) is 5.82 Å². The van der Waals surface area contributed by atoms with Crippen molar-refractivity contribution in [2.24, 2.45) is 11.8 Å². The van der Waals surface area contributed by atoms with Gasteiger partial charge in [-0.3, -0.25) is 9.59 Å². The molecule has 3 aromatic carbocycles. The molecular formula is C34H37FN4O2. The van der Waals surface area contributed by atoms with Gasteiger partial charge in [0.25, 0.3) is 5.91 Å². The number of nitriles is 1. The van der Waals surface area contributed by atoms with E-state index in [0.717, 1.165) is 29.7 Å². The first-order valence-corrected chi connectivity index (χ1v) is 14.5. The first kappa shape index (κ1) is 28.4. The van der Waals surface area contributed by atoms with E-state index < -0.39 is 23.7 Å². The number of anilines is 2. The van der Waals surface area contributed by atoms with Crippen LogP contribution in [0.25, 0.3) is 0 Å². The summed E-state index contributed by atoms with van der Waals surface area (Å²) in [6, 6.07) is 19.9. The van der Waals surface area contributed by atoms with Crippen LogP contribution in [0.5, 0.6) is 0 Å². The maximum Gasteiger partial charge on any atom is 0.257 e. The summed E-state index contributed by atoms with van der Waals surface area (Å²) >= 11 is 0. The Kier molecular flexibility index (Phi) is 8.39. The highest BCUT2D eigenvalue weighted by Gasteiger charge is 2.40. The average Bonchev–Trinajstić information content (AvgIpc) is 3.38. The third-order valence-corrected chi connectivity index (χ3v) is 8.61. The maximum absolute atomic E-state index is 14.9. The number of likely N-dealkylation sites (tertiary alicyclic amines) is 1. The first-order valence-electron chi connectivity index (χ1n) is 14.5. The summed E-state index contributed by atoms with van der Waals surface area (Å²) in [7, 11) is 0. The molecule has 3 unspecified atom stereocenters. The standard InChI is InChI=1S/C34H37FN4O2/c1-21-9-13-27(18-21)37-26-15-11-24(12-16-26)32-29(33(40)38-28-14-10-22(2)25(19-28)20-36)7-5-17-39(32)34(41)31-23(3)6-4-8-30(31)35/h4,6,8,10-12,14-16,19,21,27,29,32,37H,5,7,9,13,17-18H2,1-3H3,(H,38,40)/t21-,27?,29?,32?/m1/s1. The van der Waals surface area contributed by atoms with Crippen molar-refractivity contribution in [1.82, 2.24) is 4.90 Å². The lowest BCUT2D eigenvalue weighted by Crippen LogP contribution is -2.46. The average molecular weight is 553 g/mol. The van der Waals surface area contributed by atoms with E-state index in [1.165, 1.54) is 12.5 Å². The van der Waals surface area contributed by atoms with Crippen molar-refractivity contribution in [2.75, 3.05) is 17.2 Å². The van der Waals surface area contributed by atoms with Crippen LogP contribution in [0.4, 0.5) is 15.8 Å². The van der Waals surface area contributed by atoms with Crippen LogP contribution in [0.3, 0.4) is 0 Å². The molecule has 2 fully saturated rings. The lowest BCUT2D eigenvalue weighted by atomic mass is 9.83. The molecule has 0 aromatic heterocycles. The summed E-state index contributed by atoms with van der Waals surface area (Å²) in [5.74, 6) is -1.04. The summed E-state index contributed by atoms with van der Waals surface area (Å²) < 4.78 is 14.9. The molecule has 3 aromatic rings. The molecule has 1 aliphatic carbocycles.